The summed E-state index contributed by atoms with van der Waals surface area (Å²) in [5.74, 6) is 0. The van der Waals surface area contributed by atoms with Crippen molar-refractivity contribution in [2.45, 2.75) is 50.4 Å². The zero-order chi connectivity index (χ0) is 9.40. The molecule has 2 atom stereocenters. The highest BCUT2D eigenvalue weighted by molar-refractivity contribution is 9.09. The van der Waals surface area contributed by atoms with E-state index in [2.05, 4.69) is 34.8 Å². The van der Waals surface area contributed by atoms with E-state index in [4.69, 9.17) is 5.73 Å². The van der Waals surface area contributed by atoms with Crippen LogP contribution in [-0.4, -0.2) is 17.2 Å². The maximum atomic E-state index is 5.28. The Morgan fingerprint density at radius 1 is 1.33 bits per heavy atom. The van der Waals surface area contributed by atoms with Crippen LogP contribution in [0, 0.1) is 0 Å². The lowest BCUT2D eigenvalue weighted by molar-refractivity contribution is 0.558. The Hall–Kier alpha value is -0.0500. The molecule has 2 N–H and O–H groups in total. The first-order valence-electron chi connectivity index (χ1n) is 4.63. The molecule has 0 aromatic carbocycles. The molecule has 3 heteroatoms. The molecule has 0 aliphatic rings. The SMILES string of the molecule is CCCC(Br)C(CCC)N=CN. The molecule has 0 aliphatic heterocycles. The van der Waals surface area contributed by atoms with Crippen LogP contribution in [0.3, 0.4) is 0 Å². The van der Waals surface area contributed by atoms with Gasteiger partial charge in [-0.05, 0) is 12.8 Å². The van der Waals surface area contributed by atoms with E-state index in [1.54, 1.807) is 0 Å². The van der Waals surface area contributed by atoms with Crippen molar-refractivity contribution in [3.63, 3.8) is 0 Å². The molecule has 0 aliphatic carbocycles. The van der Waals surface area contributed by atoms with Gasteiger partial charge in [0, 0.05) is 4.83 Å². The normalized spacial score (nSPS) is 16.6. The van der Waals surface area contributed by atoms with Gasteiger partial charge >= 0.3 is 0 Å². The highest BCUT2D eigenvalue weighted by Gasteiger charge is 2.14. The predicted molar refractivity (Wildman–Crippen MR) is 59.0 cm³/mol. The molecule has 2 nitrogen and oxygen atoms in total. The molecular formula is C9H19BrN2. The standard InChI is InChI=1S/C9H19BrN2/c1-3-5-8(10)9(6-4-2)12-7-11/h7-9H,3-6H2,1-2H3,(H2,11,12). The first-order chi connectivity index (χ1) is 5.76. The van der Waals surface area contributed by atoms with Gasteiger partial charge in [-0.2, -0.15) is 0 Å². The highest BCUT2D eigenvalue weighted by atomic mass is 79.9. The van der Waals surface area contributed by atoms with Crippen molar-refractivity contribution < 1.29 is 0 Å². The van der Waals surface area contributed by atoms with E-state index in [-0.39, 0.29) is 0 Å². The van der Waals surface area contributed by atoms with Crippen molar-refractivity contribution in [2.24, 2.45) is 10.7 Å². The Morgan fingerprint density at radius 3 is 2.33 bits per heavy atom. The number of nitrogens with zero attached hydrogens (tertiary/aromatic N) is 1. The van der Waals surface area contributed by atoms with Crippen molar-refractivity contribution in [3.8, 4) is 0 Å². The van der Waals surface area contributed by atoms with E-state index in [1.807, 2.05) is 0 Å². The van der Waals surface area contributed by atoms with Gasteiger partial charge in [-0.25, -0.2) is 0 Å². The quantitative estimate of drug-likeness (QED) is 0.429. The fraction of sp³-hybridized carbons (Fsp3) is 0.889. The van der Waals surface area contributed by atoms with E-state index in [0.29, 0.717) is 10.9 Å². The first-order valence-corrected chi connectivity index (χ1v) is 5.55. The third-order valence-electron chi connectivity index (χ3n) is 1.84. The Bertz CT molecular complexity index is 126. The number of aliphatic imine (C=N–C) groups is 1. The topological polar surface area (TPSA) is 38.4 Å². The van der Waals surface area contributed by atoms with Crippen molar-refractivity contribution >= 4 is 22.3 Å². The fourth-order valence-corrected chi connectivity index (χ4v) is 2.08. The monoisotopic (exact) mass is 234 g/mol. The van der Waals surface area contributed by atoms with Crippen LogP contribution in [0.5, 0.6) is 0 Å². The number of nitrogens with two attached hydrogens (primary N) is 1. The van der Waals surface area contributed by atoms with Crippen LogP contribution >= 0.6 is 15.9 Å². The number of hydrogen-bond donors (Lipinski definition) is 1. The first kappa shape index (κ1) is 11.9. The fourth-order valence-electron chi connectivity index (χ4n) is 1.22. The largest absolute Gasteiger partial charge is 0.390 e. The van der Waals surface area contributed by atoms with Gasteiger partial charge in [-0.15, -0.1) is 0 Å². The van der Waals surface area contributed by atoms with Gasteiger partial charge in [-0.1, -0.05) is 42.6 Å². The summed E-state index contributed by atoms with van der Waals surface area (Å²) in [5.41, 5.74) is 5.28. The maximum Gasteiger partial charge on any atom is 0.0801 e. The minimum atomic E-state index is 0.361. The number of halogens is 1. The summed E-state index contributed by atoms with van der Waals surface area (Å²) >= 11 is 3.64. The smallest absolute Gasteiger partial charge is 0.0801 e. The van der Waals surface area contributed by atoms with Crippen LogP contribution in [-0.2, 0) is 0 Å². The summed E-state index contributed by atoms with van der Waals surface area (Å²) < 4.78 is 0. The molecule has 12 heavy (non-hydrogen) atoms. The van der Waals surface area contributed by atoms with Crippen LogP contribution in [0.15, 0.2) is 4.99 Å². The summed E-state index contributed by atoms with van der Waals surface area (Å²) in [6.45, 7) is 4.36. The predicted octanol–water partition coefficient (Wildman–Crippen LogP) is 2.71. The Morgan fingerprint density at radius 2 is 1.92 bits per heavy atom. The molecule has 0 saturated heterocycles. The van der Waals surface area contributed by atoms with E-state index in [9.17, 15) is 0 Å². The Labute approximate surface area is 83.8 Å². The number of hydrogen-bond acceptors (Lipinski definition) is 1. The third kappa shape index (κ3) is 4.75. The number of rotatable bonds is 6. The van der Waals surface area contributed by atoms with Gasteiger partial charge in [0.05, 0.1) is 12.4 Å². The molecule has 0 spiro atoms. The zero-order valence-electron chi connectivity index (χ0n) is 7.96. The summed E-state index contributed by atoms with van der Waals surface area (Å²) in [7, 11) is 0. The lowest BCUT2D eigenvalue weighted by atomic mass is 10.1. The zero-order valence-corrected chi connectivity index (χ0v) is 9.55. The molecule has 2 unspecified atom stereocenters. The molecule has 0 heterocycles. The molecule has 0 radical (unpaired) electrons. The average molecular weight is 235 g/mol. The van der Waals surface area contributed by atoms with E-state index in [0.717, 1.165) is 12.8 Å². The van der Waals surface area contributed by atoms with E-state index < -0.39 is 0 Å². The van der Waals surface area contributed by atoms with Crippen LogP contribution in [0.25, 0.3) is 0 Å². The van der Waals surface area contributed by atoms with E-state index in [1.165, 1.54) is 19.2 Å². The highest BCUT2D eigenvalue weighted by Crippen LogP contribution is 2.18. The minimum Gasteiger partial charge on any atom is -0.390 e. The van der Waals surface area contributed by atoms with Crippen LogP contribution < -0.4 is 5.73 Å². The summed E-state index contributed by atoms with van der Waals surface area (Å²) in [4.78, 5) is 4.73. The van der Waals surface area contributed by atoms with Gasteiger partial charge in [-0.3, -0.25) is 4.99 Å². The lowest BCUT2D eigenvalue weighted by Crippen LogP contribution is -2.19. The summed E-state index contributed by atoms with van der Waals surface area (Å²) in [6.07, 6.45) is 6.06. The summed E-state index contributed by atoms with van der Waals surface area (Å²) in [6, 6.07) is 0.361. The van der Waals surface area contributed by atoms with Crippen LogP contribution in [0.4, 0.5) is 0 Å². The van der Waals surface area contributed by atoms with Gasteiger partial charge < -0.3 is 5.73 Å². The minimum absolute atomic E-state index is 0.361. The summed E-state index contributed by atoms with van der Waals surface area (Å²) in [5, 5.41) is 0. The van der Waals surface area contributed by atoms with Crippen molar-refractivity contribution in [1.82, 2.24) is 0 Å². The van der Waals surface area contributed by atoms with Crippen molar-refractivity contribution in [1.29, 1.82) is 0 Å². The maximum absolute atomic E-state index is 5.28. The van der Waals surface area contributed by atoms with Gasteiger partial charge in [0.25, 0.3) is 0 Å². The van der Waals surface area contributed by atoms with Gasteiger partial charge in [0.1, 0.15) is 0 Å². The van der Waals surface area contributed by atoms with Gasteiger partial charge in [0.2, 0.25) is 0 Å². The Balaban J connectivity index is 3.89. The molecule has 0 aromatic heterocycles. The second kappa shape index (κ2) is 7.59. The Kier molecular flexibility index (Phi) is 7.56. The third-order valence-corrected chi connectivity index (χ3v) is 2.91. The second-order valence-electron chi connectivity index (χ2n) is 2.96. The van der Waals surface area contributed by atoms with Gasteiger partial charge in [0.15, 0.2) is 0 Å². The molecule has 0 fully saturated rings. The molecule has 0 bridgehead atoms. The average Bonchev–Trinajstić information content (AvgIpc) is 2.04. The molecule has 0 saturated carbocycles. The molecule has 0 rings (SSSR count). The van der Waals surface area contributed by atoms with Crippen LogP contribution in [0.1, 0.15) is 39.5 Å². The van der Waals surface area contributed by atoms with E-state index >= 15 is 0 Å². The second-order valence-corrected chi connectivity index (χ2v) is 4.13. The molecule has 0 amide bonds. The number of alkyl halides is 1. The lowest BCUT2D eigenvalue weighted by Gasteiger charge is -2.16. The van der Waals surface area contributed by atoms with Crippen LogP contribution in [0.2, 0.25) is 0 Å². The molecular weight excluding hydrogens is 216 g/mol. The van der Waals surface area contributed by atoms with Crippen molar-refractivity contribution in [3.05, 3.63) is 0 Å². The van der Waals surface area contributed by atoms with Crippen molar-refractivity contribution in [2.75, 3.05) is 0 Å². The molecule has 72 valence electrons. The molecule has 0 aromatic rings.